The summed E-state index contributed by atoms with van der Waals surface area (Å²) in [5, 5.41) is 6.60. The maximum absolute atomic E-state index is 12.3. The zero-order valence-electron chi connectivity index (χ0n) is 9.64. The summed E-state index contributed by atoms with van der Waals surface area (Å²) >= 11 is 0. The molecule has 0 bridgehead atoms. The van der Waals surface area contributed by atoms with E-state index in [2.05, 4.69) is 10.3 Å². The molecule has 0 saturated heterocycles. The van der Waals surface area contributed by atoms with Gasteiger partial charge in [-0.05, 0) is 18.4 Å². The second-order valence-electron chi connectivity index (χ2n) is 4.07. The van der Waals surface area contributed by atoms with Crippen molar-refractivity contribution in [3.8, 4) is 0 Å². The molecule has 7 heteroatoms. The lowest BCUT2D eigenvalue weighted by atomic mass is 9.87. The minimum Gasteiger partial charge on any atom is -0.444 e. The average Bonchev–Trinajstić information content (AvgIpc) is 2.79. The molecule has 3 nitrogen and oxygen atoms in total. The first-order chi connectivity index (χ1) is 8.55. The summed E-state index contributed by atoms with van der Waals surface area (Å²) in [6.07, 6.45) is 2.51. The van der Waals surface area contributed by atoms with Crippen molar-refractivity contribution < 1.29 is 12.9 Å². The summed E-state index contributed by atoms with van der Waals surface area (Å²) < 4.78 is 38.2. The molecule has 0 unspecified atom stereocenters. The maximum atomic E-state index is 12.3. The Morgan fingerprint density at radius 3 is 2.44 bits per heavy atom. The normalized spacial score (nSPS) is 11.7. The van der Waals surface area contributed by atoms with E-state index in [0.717, 1.165) is 24.6 Å². The van der Waals surface area contributed by atoms with Crippen molar-refractivity contribution in [2.24, 2.45) is 0 Å². The fraction of sp³-hybridized carbons (Fsp3) is 0.273. The van der Waals surface area contributed by atoms with Gasteiger partial charge in [-0.1, -0.05) is 35.5 Å². The van der Waals surface area contributed by atoms with E-state index < -0.39 is 12.6 Å². The maximum Gasteiger partial charge on any atom is 0.531 e. The Bertz CT molecular complexity index is 496. The summed E-state index contributed by atoms with van der Waals surface area (Å²) in [5.41, 5.74) is 0.285. The Balaban J connectivity index is 1.86. The molecule has 0 atom stereocenters. The van der Waals surface area contributed by atoms with Gasteiger partial charge in [0.05, 0.1) is 0 Å². The summed E-state index contributed by atoms with van der Waals surface area (Å²) in [4.78, 5) is 0. The third-order valence-corrected chi connectivity index (χ3v) is 2.59. The van der Waals surface area contributed by atoms with Crippen LogP contribution in [0.3, 0.4) is 0 Å². The molecule has 0 saturated carbocycles. The van der Waals surface area contributed by atoms with E-state index in [1.54, 1.807) is 0 Å². The van der Waals surface area contributed by atoms with Crippen LogP contribution < -0.4 is 5.59 Å². The third kappa shape index (κ3) is 3.35. The Hall–Kier alpha value is -1.79. The van der Waals surface area contributed by atoms with E-state index in [9.17, 15) is 12.9 Å². The zero-order chi connectivity index (χ0) is 13.0. The molecule has 18 heavy (non-hydrogen) atoms. The van der Waals surface area contributed by atoms with Gasteiger partial charge >= 0.3 is 6.98 Å². The minimum absolute atomic E-state index is 0.439. The topological polar surface area (TPSA) is 30.7 Å². The first-order valence-electron chi connectivity index (χ1n) is 5.69. The summed E-state index contributed by atoms with van der Waals surface area (Å²) in [6, 6.07) is 9.79. The fourth-order valence-electron chi connectivity index (χ4n) is 1.66. The first kappa shape index (κ1) is 12.7. The van der Waals surface area contributed by atoms with Gasteiger partial charge in [0.15, 0.2) is 0 Å². The van der Waals surface area contributed by atoms with Crippen molar-refractivity contribution in [1.29, 1.82) is 0 Å². The first-order valence-corrected chi connectivity index (χ1v) is 5.69. The van der Waals surface area contributed by atoms with Gasteiger partial charge < -0.3 is 12.9 Å². The quantitative estimate of drug-likeness (QED) is 0.763. The van der Waals surface area contributed by atoms with Crippen molar-refractivity contribution in [3.63, 3.8) is 0 Å². The molecule has 0 aliphatic heterocycles. The van der Waals surface area contributed by atoms with Gasteiger partial charge in [-0.3, -0.25) is 4.68 Å². The molecule has 0 fully saturated rings. The molecular weight excluding hydrogens is 242 g/mol. The predicted octanol–water partition coefficient (Wildman–Crippen LogP) is 1.97. The number of nitrogens with zero attached hydrogens (tertiary/aromatic N) is 3. The molecule has 0 amide bonds. The number of rotatable bonds is 5. The SMILES string of the molecule is F[B-](F)(F)c1cn(CCCc2ccccc2)nn1. The van der Waals surface area contributed by atoms with Gasteiger partial charge in [-0.2, -0.15) is 5.10 Å². The highest BCUT2D eigenvalue weighted by molar-refractivity contribution is 6.72. The molecular formula is C11H12BF3N3-. The van der Waals surface area contributed by atoms with Crippen LogP contribution in [0, 0.1) is 0 Å². The predicted molar refractivity (Wildman–Crippen MR) is 63.5 cm³/mol. The number of benzene rings is 1. The van der Waals surface area contributed by atoms with Crippen LogP contribution in [-0.4, -0.2) is 22.0 Å². The zero-order valence-corrected chi connectivity index (χ0v) is 9.64. The summed E-state index contributed by atoms with van der Waals surface area (Å²) in [6.45, 7) is -4.61. The van der Waals surface area contributed by atoms with Crippen LogP contribution in [0.25, 0.3) is 0 Å². The number of hydrogen-bond donors (Lipinski definition) is 0. The largest absolute Gasteiger partial charge is 0.531 e. The van der Waals surface area contributed by atoms with Crippen LogP contribution in [0.5, 0.6) is 0 Å². The standard InChI is InChI=1S/C11H12BF3N3/c13-12(14,15)11-9-18(17-16-11)8-4-7-10-5-2-1-3-6-10/h1-3,5-6,9H,4,7-8H2/q-1. The molecule has 0 aliphatic rings. The molecule has 0 radical (unpaired) electrons. The lowest BCUT2D eigenvalue weighted by Crippen LogP contribution is -2.35. The fourth-order valence-corrected chi connectivity index (χ4v) is 1.66. The van der Waals surface area contributed by atoms with Gasteiger partial charge in [0, 0.05) is 18.3 Å². The van der Waals surface area contributed by atoms with Gasteiger partial charge in [-0.15, -0.1) is 0 Å². The van der Waals surface area contributed by atoms with E-state index in [1.165, 1.54) is 4.68 Å². The Morgan fingerprint density at radius 2 is 1.83 bits per heavy atom. The van der Waals surface area contributed by atoms with Crippen molar-refractivity contribution in [2.45, 2.75) is 19.4 Å². The minimum atomic E-state index is -5.04. The Labute approximate surface area is 103 Å². The van der Waals surface area contributed by atoms with Gasteiger partial charge in [-0.25, -0.2) is 0 Å². The second kappa shape index (κ2) is 5.24. The van der Waals surface area contributed by atoms with E-state index in [0.29, 0.717) is 6.54 Å². The van der Waals surface area contributed by atoms with Gasteiger partial charge in [0.1, 0.15) is 0 Å². The van der Waals surface area contributed by atoms with Gasteiger partial charge in [0.25, 0.3) is 0 Å². The van der Waals surface area contributed by atoms with Crippen molar-refractivity contribution in [1.82, 2.24) is 15.0 Å². The number of hydrogen-bond acceptors (Lipinski definition) is 2. The lowest BCUT2D eigenvalue weighted by molar-refractivity contribution is 0.498. The molecule has 0 aliphatic carbocycles. The van der Waals surface area contributed by atoms with Crippen LogP contribution in [0.1, 0.15) is 12.0 Å². The highest BCUT2D eigenvalue weighted by atomic mass is 19.4. The Kier molecular flexibility index (Phi) is 3.69. The smallest absolute Gasteiger partial charge is 0.444 e. The van der Waals surface area contributed by atoms with Crippen LogP contribution in [0.4, 0.5) is 12.9 Å². The number of aryl methyl sites for hydroxylation is 2. The van der Waals surface area contributed by atoms with E-state index in [4.69, 9.17) is 0 Å². The second-order valence-corrected chi connectivity index (χ2v) is 4.07. The molecule has 2 aromatic rings. The highest BCUT2D eigenvalue weighted by Crippen LogP contribution is 2.07. The molecule has 0 spiro atoms. The molecule has 0 N–H and O–H groups in total. The van der Waals surface area contributed by atoms with Gasteiger partial charge in [0.2, 0.25) is 0 Å². The van der Waals surface area contributed by atoms with Crippen LogP contribution in [-0.2, 0) is 13.0 Å². The van der Waals surface area contributed by atoms with Crippen LogP contribution in [0.15, 0.2) is 36.5 Å². The van der Waals surface area contributed by atoms with Crippen molar-refractivity contribution in [2.75, 3.05) is 0 Å². The average molecular weight is 254 g/mol. The van der Waals surface area contributed by atoms with E-state index >= 15 is 0 Å². The number of halogens is 3. The molecule has 1 aromatic carbocycles. The lowest BCUT2D eigenvalue weighted by Gasteiger charge is -2.08. The van der Waals surface area contributed by atoms with Crippen LogP contribution >= 0.6 is 0 Å². The molecule has 96 valence electrons. The molecule has 2 rings (SSSR count). The highest BCUT2D eigenvalue weighted by Gasteiger charge is 2.29. The van der Waals surface area contributed by atoms with Crippen molar-refractivity contribution in [3.05, 3.63) is 42.1 Å². The Morgan fingerprint density at radius 1 is 1.11 bits per heavy atom. The van der Waals surface area contributed by atoms with E-state index in [-0.39, 0.29) is 0 Å². The summed E-state index contributed by atoms with van der Waals surface area (Å²) in [7, 11) is 0. The third-order valence-electron chi connectivity index (χ3n) is 2.59. The van der Waals surface area contributed by atoms with Crippen LogP contribution in [0.2, 0.25) is 0 Å². The molecule has 1 aromatic heterocycles. The van der Waals surface area contributed by atoms with Crippen molar-refractivity contribution >= 4 is 12.6 Å². The molecule has 1 heterocycles. The number of aromatic nitrogens is 3. The monoisotopic (exact) mass is 254 g/mol. The van der Waals surface area contributed by atoms with E-state index in [1.807, 2.05) is 30.3 Å². The summed E-state index contributed by atoms with van der Waals surface area (Å²) in [5.74, 6) is 0.